The molecule has 1 aromatic heterocycles. The lowest BCUT2D eigenvalue weighted by atomic mass is 10.2. The normalized spacial score (nSPS) is 14.8. The van der Waals surface area contributed by atoms with Crippen molar-refractivity contribution in [2.24, 2.45) is 5.10 Å². The van der Waals surface area contributed by atoms with Crippen LogP contribution in [0.15, 0.2) is 23.3 Å². The number of para-hydroxylation sites is 1. The quantitative estimate of drug-likeness (QED) is 0.683. The predicted octanol–water partition coefficient (Wildman–Crippen LogP) is 3.16. The molecule has 7 heteroatoms. The Morgan fingerprint density at radius 3 is 2.71 bits per heavy atom. The molecule has 1 fully saturated rings. The molecule has 2 aromatic rings. The van der Waals surface area contributed by atoms with Crippen molar-refractivity contribution in [2.45, 2.75) is 27.2 Å². The van der Waals surface area contributed by atoms with Crippen molar-refractivity contribution >= 4 is 44.0 Å². The van der Waals surface area contributed by atoms with Crippen molar-refractivity contribution in [2.75, 3.05) is 36.5 Å². The number of fused-ring (bicyclic) bond motifs is 1. The van der Waals surface area contributed by atoms with Gasteiger partial charge in [0.1, 0.15) is 5.52 Å². The van der Waals surface area contributed by atoms with Gasteiger partial charge in [0.05, 0.1) is 10.4 Å². The highest BCUT2D eigenvalue weighted by Gasteiger charge is 2.22. The van der Waals surface area contributed by atoms with E-state index in [4.69, 9.17) is 4.98 Å². The molecule has 0 unspecified atom stereocenters. The molecule has 24 heavy (non-hydrogen) atoms. The monoisotopic (exact) mass is 345 g/mol. The Hall–Kier alpha value is -2.15. The van der Waals surface area contributed by atoms with E-state index in [1.54, 1.807) is 11.3 Å². The summed E-state index contributed by atoms with van der Waals surface area (Å²) in [5.41, 5.74) is 6.12. The number of carbonyl (C=O) groups is 1. The number of hydrogen-bond donors (Lipinski definition) is 1. The predicted molar refractivity (Wildman–Crippen MR) is 101 cm³/mol. The molecule has 1 amide bonds. The van der Waals surface area contributed by atoms with Crippen LogP contribution in [0, 0.1) is 0 Å². The Kier molecular flexibility index (Phi) is 4.99. The van der Waals surface area contributed by atoms with Gasteiger partial charge in [0.2, 0.25) is 11.0 Å². The molecule has 1 aliphatic rings. The minimum atomic E-state index is 0.237. The molecule has 0 spiro atoms. The Bertz CT molecular complexity index is 757. The molecule has 1 N–H and O–H groups in total. The van der Waals surface area contributed by atoms with E-state index in [1.165, 1.54) is 0 Å². The number of benzene rings is 1. The third-order valence-electron chi connectivity index (χ3n) is 4.05. The maximum absolute atomic E-state index is 11.8. The van der Waals surface area contributed by atoms with Gasteiger partial charge in [-0.25, -0.2) is 4.98 Å². The number of hydrazone groups is 1. The third-order valence-corrected chi connectivity index (χ3v) is 4.97. The lowest BCUT2D eigenvalue weighted by Crippen LogP contribution is -2.48. The summed E-state index contributed by atoms with van der Waals surface area (Å²) in [4.78, 5) is 20.8. The highest BCUT2D eigenvalue weighted by atomic mass is 32.1. The fourth-order valence-electron chi connectivity index (χ4n) is 2.82. The van der Waals surface area contributed by atoms with Crippen LogP contribution in [-0.2, 0) is 4.79 Å². The molecular weight excluding hydrogens is 322 g/mol. The molecule has 0 aliphatic carbocycles. The van der Waals surface area contributed by atoms with Crippen LogP contribution >= 0.6 is 11.3 Å². The van der Waals surface area contributed by atoms with Crippen molar-refractivity contribution in [3.8, 4) is 0 Å². The molecule has 0 radical (unpaired) electrons. The van der Waals surface area contributed by atoms with Crippen molar-refractivity contribution in [3.05, 3.63) is 18.2 Å². The zero-order chi connectivity index (χ0) is 17.1. The summed E-state index contributed by atoms with van der Waals surface area (Å²) in [5, 5.41) is 5.03. The lowest BCUT2D eigenvalue weighted by Gasteiger charge is -2.36. The summed E-state index contributed by atoms with van der Waals surface area (Å²) >= 11 is 1.61. The first-order chi connectivity index (χ1) is 11.6. The number of hydrogen-bond acceptors (Lipinski definition) is 6. The molecule has 1 saturated heterocycles. The number of nitrogens with zero attached hydrogens (tertiary/aromatic N) is 4. The average molecular weight is 345 g/mol. The smallest absolute Gasteiger partial charge is 0.222 e. The molecule has 2 heterocycles. The van der Waals surface area contributed by atoms with Gasteiger partial charge < -0.3 is 9.80 Å². The van der Waals surface area contributed by atoms with Crippen LogP contribution in [0.2, 0.25) is 0 Å². The maximum atomic E-state index is 11.8. The van der Waals surface area contributed by atoms with E-state index < -0.39 is 0 Å². The largest absolute Gasteiger partial charge is 0.366 e. The number of carbonyl (C=O) groups excluding carboxylic acids is 1. The summed E-state index contributed by atoms with van der Waals surface area (Å²) in [6, 6.07) is 6.26. The molecule has 0 bridgehead atoms. The van der Waals surface area contributed by atoms with Crippen molar-refractivity contribution < 1.29 is 4.79 Å². The molecule has 3 rings (SSSR count). The molecule has 1 aromatic carbocycles. The van der Waals surface area contributed by atoms with Crippen LogP contribution in [0.3, 0.4) is 0 Å². The number of anilines is 2. The molecular formula is C17H23N5OS. The standard InChI is InChI=1S/C17H23N5OS/c1-4-15(23)22-10-8-21(9-11-22)13-6-5-7-14-16(13)18-17(24-14)20-19-12(2)3/h5-7H,4,8-11H2,1-3H3,(H,18,20). The van der Waals surface area contributed by atoms with Crippen LogP contribution in [0.5, 0.6) is 0 Å². The minimum absolute atomic E-state index is 0.237. The number of nitrogens with one attached hydrogen (secondary N) is 1. The van der Waals surface area contributed by atoms with Gasteiger partial charge in [-0.05, 0) is 26.0 Å². The van der Waals surface area contributed by atoms with E-state index in [0.717, 1.165) is 52.9 Å². The first-order valence-corrected chi connectivity index (χ1v) is 9.09. The summed E-state index contributed by atoms with van der Waals surface area (Å²) in [6.07, 6.45) is 0.577. The molecule has 6 nitrogen and oxygen atoms in total. The molecule has 1 aliphatic heterocycles. The van der Waals surface area contributed by atoms with Gasteiger partial charge in [-0.15, -0.1) is 0 Å². The summed E-state index contributed by atoms with van der Waals surface area (Å²) in [7, 11) is 0. The van der Waals surface area contributed by atoms with Crippen LogP contribution in [0.4, 0.5) is 10.8 Å². The van der Waals surface area contributed by atoms with Gasteiger partial charge >= 0.3 is 0 Å². The number of amides is 1. The Morgan fingerprint density at radius 1 is 1.29 bits per heavy atom. The lowest BCUT2D eigenvalue weighted by molar-refractivity contribution is -0.131. The first-order valence-electron chi connectivity index (χ1n) is 8.27. The number of thiazole rings is 1. The highest BCUT2D eigenvalue weighted by Crippen LogP contribution is 2.33. The molecule has 0 atom stereocenters. The first kappa shape index (κ1) is 16.7. The van der Waals surface area contributed by atoms with E-state index in [-0.39, 0.29) is 5.91 Å². The van der Waals surface area contributed by atoms with Crippen LogP contribution in [0.1, 0.15) is 27.2 Å². The van der Waals surface area contributed by atoms with Gasteiger partial charge in [0.25, 0.3) is 0 Å². The van der Waals surface area contributed by atoms with Crippen LogP contribution in [0.25, 0.3) is 10.2 Å². The van der Waals surface area contributed by atoms with E-state index in [0.29, 0.717) is 6.42 Å². The van der Waals surface area contributed by atoms with E-state index in [9.17, 15) is 4.79 Å². The Balaban J connectivity index is 1.80. The minimum Gasteiger partial charge on any atom is -0.366 e. The number of rotatable bonds is 4. The van der Waals surface area contributed by atoms with Crippen molar-refractivity contribution in [3.63, 3.8) is 0 Å². The third kappa shape index (κ3) is 3.51. The van der Waals surface area contributed by atoms with Gasteiger partial charge in [0.15, 0.2) is 0 Å². The van der Waals surface area contributed by atoms with E-state index >= 15 is 0 Å². The van der Waals surface area contributed by atoms with E-state index in [2.05, 4.69) is 33.6 Å². The highest BCUT2D eigenvalue weighted by molar-refractivity contribution is 7.22. The number of aromatic nitrogens is 1. The Morgan fingerprint density at radius 2 is 2.04 bits per heavy atom. The van der Waals surface area contributed by atoms with Crippen molar-refractivity contribution in [1.82, 2.24) is 9.88 Å². The zero-order valence-electron chi connectivity index (χ0n) is 14.4. The number of piperazine rings is 1. The fraction of sp³-hybridized carbons (Fsp3) is 0.471. The average Bonchev–Trinajstić information content (AvgIpc) is 3.02. The maximum Gasteiger partial charge on any atom is 0.222 e. The van der Waals surface area contributed by atoms with Gasteiger partial charge in [-0.3, -0.25) is 10.2 Å². The fourth-order valence-corrected chi connectivity index (χ4v) is 3.65. The second-order valence-corrected chi connectivity index (χ2v) is 7.07. The van der Waals surface area contributed by atoms with Gasteiger partial charge in [0, 0.05) is 38.3 Å². The zero-order valence-corrected chi connectivity index (χ0v) is 15.2. The van der Waals surface area contributed by atoms with Gasteiger partial charge in [-0.2, -0.15) is 5.10 Å². The summed E-state index contributed by atoms with van der Waals surface area (Å²) in [5.74, 6) is 0.237. The topological polar surface area (TPSA) is 60.8 Å². The van der Waals surface area contributed by atoms with E-state index in [1.807, 2.05) is 25.7 Å². The van der Waals surface area contributed by atoms with Gasteiger partial charge in [-0.1, -0.05) is 24.3 Å². The van der Waals surface area contributed by atoms with Crippen LogP contribution < -0.4 is 10.3 Å². The second-order valence-electron chi connectivity index (χ2n) is 6.04. The molecule has 0 saturated carbocycles. The Labute approximate surface area is 146 Å². The van der Waals surface area contributed by atoms with Crippen LogP contribution in [-0.4, -0.2) is 47.7 Å². The molecule has 128 valence electrons. The summed E-state index contributed by atoms with van der Waals surface area (Å²) in [6.45, 7) is 9.05. The SMILES string of the molecule is CCC(=O)N1CCN(c2cccc3sc(NN=C(C)C)nc23)CC1. The second kappa shape index (κ2) is 7.17. The van der Waals surface area contributed by atoms with Crippen molar-refractivity contribution in [1.29, 1.82) is 0 Å². The summed E-state index contributed by atoms with van der Waals surface area (Å²) < 4.78 is 1.14.